The molecule has 2 aliphatic rings. The van der Waals surface area contributed by atoms with Crippen molar-refractivity contribution in [2.75, 3.05) is 55.5 Å². The number of ether oxygens (including phenoxy) is 1. The third-order valence-corrected chi connectivity index (χ3v) is 5.72. The molecule has 0 aromatic heterocycles. The SMILES string of the molecule is CN(C)c1ccc(CNC(=O)c2ccc(NC(=O)C3CC3)cc2N2CCOCC2)cc1. The minimum Gasteiger partial charge on any atom is -0.378 e. The van der Waals surface area contributed by atoms with Crippen LogP contribution in [0.25, 0.3) is 0 Å². The lowest BCUT2D eigenvalue weighted by molar-refractivity contribution is -0.117. The number of morpholine rings is 1. The molecule has 2 N–H and O–H groups in total. The molecular formula is C24H30N4O3. The molecule has 2 fully saturated rings. The van der Waals surface area contributed by atoms with Crippen LogP contribution in [0.1, 0.15) is 28.8 Å². The van der Waals surface area contributed by atoms with E-state index < -0.39 is 0 Å². The number of hydrogen-bond donors (Lipinski definition) is 2. The summed E-state index contributed by atoms with van der Waals surface area (Å²) in [6.45, 7) is 3.13. The Balaban J connectivity index is 1.49. The van der Waals surface area contributed by atoms with Gasteiger partial charge in [-0.1, -0.05) is 12.1 Å². The van der Waals surface area contributed by atoms with E-state index in [9.17, 15) is 9.59 Å². The third-order valence-electron chi connectivity index (χ3n) is 5.72. The van der Waals surface area contributed by atoms with E-state index in [0.717, 1.165) is 35.5 Å². The number of anilines is 3. The molecule has 0 spiro atoms. The third kappa shape index (κ3) is 5.35. The Labute approximate surface area is 183 Å². The molecule has 164 valence electrons. The Hall–Kier alpha value is -3.06. The van der Waals surface area contributed by atoms with Crippen LogP contribution < -0.4 is 20.4 Å². The summed E-state index contributed by atoms with van der Waals surface area (Å²) in [6, 6.07) is 13.6. The Morgan fingerprint density at radius 3 is 2.42 bits per heavy atom. The normalized spacial score (nSPS) is 16.0. The molecule has 1 aliphatic carbocycles. The molecule has 4 rings (SSSR count). The Bertz CT molecular complexity index is 932. The van der Waals surface area contributed by atoms with Gasteiger partial charge in [-0.15, -0.1) is 0 Å². The van der Waals surface area contributed by atoms with Gasteiger partial charge in [0.25, 0.3) is 5.91 Å². The van der Waals surface area contributed by atoms with Crippen LogP contribution in [0, 0.1) is 5.92 Å². The fourth-order valence-corrected chi connectivity index (χ4v) is 3.65. The van der Waals surface area contributed by atoms with Crippen molar-refractivity contribution in [2.24, 2.45) is 5.92 Å². The summed E-state index contributed by atoms with van der Waals surface area (Å²) in [5.41, 5.74) is 4.33. The second-order valence-electron chi connectivity index (χ2n) is 8.34. The predicted octanol–water partition coefficient (Wildman–Crippen LogP) is 2.87. The van der Waals surface area contributed by atoms with E-state index in [4.69, 9.17) is 4.74 Å². The van der Waals surface area contributed by atoms with Gasteiger partial charge in [-0.2, -0.15) is 0 Å². The molecule has 31 heavy (non-hydrogen) atoms. The number of benzene rings is 2. The molecule has 1 saturated heterocycles. The molecule has 2 aromatic rings. The molecule has 0 bridgehead atoms. The lowest BCUT2D eigenvalue weighted by atomic mass is 10.1. The van der Waals surface area contributed by atoms with Gasteiger partial charge in [0, 0.05) is 51.0 Å². The average Bonchev–Trinajstić information content (AvgIpc) is 3.64. The lowest BCUT2D eigenvalue weighted by Gasteiger charge is -2.30. The molecule has 0 radical (unpaired) electrons. The summed E-state index contributed by atoms with van der Waals surface area (Å²) in [4.78, 5) is 29.4. The average molecular weight is 423 g/mol. The van der Waals surface area contributed by atoms with Crippen molar-refractivity contribution in [1.29, 1.82) is 0 Å². The molecule has 2 amide bonds. The fourth-order valence-electron chi connectivity index (χ4n) is 3.65. The smallest absolute Gasteiger partial charge is 0.253 e. The monoisotopic (exact) mass is 422 g/mol. The standard InChI is InChI=1S/C24H30N4O3/c1-27(2)20-8-3-17(4-9-20)16-25-24(30)21-10-7-19(26-23(29)18-5-6-18)15-22(21)28-11-13-31-14-12-28/h3-4,7-10,15,18H,5-6,11-14,16H2,1-2H3,(H,25,30)(H,26,29). The van der Waals surface area contributed by atoms with Crippen molar-refractivity contribution in [3.8, 4) is 0 Å². The summed E-state index contributed by atoms with van der Waals surface area (Å²) in [6.07, 6.45) is 1.91. The molecule has 1 aliphatic heterocycles. The van der Waals surface area contributed by atoms with Crippen LogP contribution in [0.5, 0.6) is 0 Å². The van der Waals surface area contributed by atoms with E-state index >= 15 is 0 Å². The van der Waals surface area contributed by atoms with Crippen molar-refractivity contribution in [3.63, 3.8) is 0 Å². The van der Waals surface area contributed by atoms with E-state index in [2.05, 4.69) is 15.5 Å². The van der Waals surface area contributed by atoms with Crippen LogP contribution in [0.15, 0.2) is 42.5 Å². The van der Waals surface area contributed by atoms with Crippen LogP contribution in [0.4, 0.5) is 17.1 Å². The van der Waals surface area contributed by atoms with E-state index in [1.807, 2.05) is 55.4 Å². The Morgan fingerprint density at radius 1 is 1.06 bits per heavy atom. The number of nitrogens with one attached hydrogen (secondary N) is 2. The van der Waals surface area contributed by atoms with Crippen molar-refractivity contribution >= 4 is 28.9 Å². The number of rotatable bonds is 7. The molecule has 1 heterocycles. The summed E-state index contributed by atoms with van der Waals surface area (Å²) >= 11 is 0. The maximum Gasteiger partial charge on any atom is 0.253 e. The quantitative estimate of drug-likeness (QED) is 0.718. The van der Waals surface area contributed by atoms with Gasteiger partial charge in [-0.05, 0) is 48.7 Å². The van der Waals surface area contributed by atoms with Gasteiger partial charge in [-0.3, -0.25) is 9.59 Å². The van der Waals surface area contributed by atoms with Crippen LogP contribution in [-0.4, -0.2) is 52.2 Å². The van der Waals surface area contributed by atoms with Gasteiger partial charge in [0.2, 0.25) is 5.91 Å². The molecule has 0 unspecified atom stereocenters. The molecule has 1 saturated carbocycles. The molecule has 0 atom stereocenters. The number of hydrogen-bond acceptors (Lipinski definition) is 5. The highest BCUT2D eigenvalue weighted by Crippen LogP contribution is 2.31. The van der Waals surface area contributed by atoms with Crippen molar-refractivity contribution < 1.29 is 14.3 Å². The first-order chi connectivity index (χ1) is 15.0. The summed E-state index contributed by atoms with van der Waals surface area (Å²) in [7, 11) is 4.00. The maximum absolute atomic E-state index is 13.0. The van der Waals surface area contributed by atoms with Gasteiger partial charge in [0.15, 0.2) is 0 Å². The zero-order valence-electron chi connectivity index (χ0n) is 18.2. The van der Waals surface area contributed by atoms with Gasteiger partial charge in [0.05, 0.1) is 24.5 Å². The Morgan fingerprint density at radius 2 is 1.77 bits per heavy atom. The van der Waals surface area contributed by atoms with Gasteiger partial charge in [0.1, 0.15) is 0 Å². The Kier molecular flexibility index (Phi) is 6.42. The first-order valence-electron chi connectivity index (χ1n) is 10.8. The summed E-state index contributed by atoms with van der Waals surface area (Å²) < 4.78 is 5.47. The number of amides is 2. The topological polar surface area (TPSA) is 73.9 Å². The minimum absolute atomic E-state index is 0.0614. The van der Waals surface area contributed by atoms with Crippen LogP contribution in [0.2, 0.25) is 0 Å². The first-order valence-corrected chi connectivity index (χ1v) is 10.8. The molecule has 7 nitrogen and oxygen atoms in total. The van der Waals surface area contributed by atoms with Crippen molar-refractivity contribution in [1.82, 2.24) is 5.32 Å². The largest absolute Gasteiger partial charge is 0.378 e. The van der Waals surface area contributed by atoms with Crippen LogP contribution >= 0.6 is 0 Å². The molecular weight excluding hydrogens is 392 g/mol. The zero-order valence-corrected chi connectivity index (χ0v) is 18.2. The highest BCUT2D eigenvalue weighted by molar-refractivity contribution is 6.02. The first kappa shape index (κ1) is 21.2. The lowest BCUT2D eigenvalue weighted by Crippen LogP contribution is -2.38. The van der Waals surface area contributed by atoms with Gasteiger partial charge >= 0.3 is 0 Å². The maximum atomic E-state index is 13.0. The number of carbonyl (C=O) groups excluding carboxylic acids is 2. The molecule has 7 heteroatoms. The summed E-state index contributed by atoms with van der Waals surface area (Å²) in [5.74, 6) is 0.0678. The second kappa shape index (κ2) is 9.39. The van der Waals surface area contributed by atoms with Crippen molar-refractivity contribution in [2.45, 2.75) is 19.4 Å². The number of carbonyl (C=O) groups is 2. The highest BCUT2D eigenvalue weighted by Gasteiger charge is 2.30. The van der Waals surface area contributed by atoms with Gasteiger partial charge < -0.3 is 25.2 Å². The van der Waals surface area contributed by atoms with Crippen LogP contribution in [-0.2, 0) is 16.1 Å². The highest BCUT2D eigenvalue weighted by atomic mass is 16.5. The summed E-state index contributed by atoms with van der Waals surface area (Å²) in [5, 5.41) is 6.02. The van der Waals surface area contributed by atoms with Crippen LogP contribution in [0.3, 0.4) is 0 Å². The number of nitrogens with zero attached hydrogens (tertiary/aromatic N) is 2. The van der Waals surface area contributed by atoms with E-state index in [1.165, 1.54) is 0 Å². The zero-order chi connectivity index (χ0) is 21.8. The minimum atomic E-state index is -0.127. The fraction of sp³-hybridized carbons (Fsp3) is 0.417. The van der Waals surface area contributed by atoms with Crippen molar-refractivity contribution in [3.05, 3.63) is 53.6 Å². The van der Waals surface area contributed by atoms with E-state index in [0.29, 0.717) is 38.4 Å². The molecule has 2 aromatic carbocycles. The predicted molar refractivity (Wildman–Crippen MR) is 123 cm³/mol. The van der Waals surface area contributed by atoms with E-state index in [1.54, 1.807) is 6.07 Å². The van der Waals surface area contributed by atoms with E-state index in [-0.39, 0.29) is 17.7 Å². The van der Waals surface area contributed by atoms with Gasteiger partial charge in [-0.25, -0.2) is 0 Å². The second-order valence-corrected chi connectivity index (χ2v) is 8.34.